The van der Waals surface area contributed by atoms with Crippen LogP contribution in [-0.2, 0) is 17.8 Å². The highest BCUT2D eigenvalue weighted by atomic mass is 32.1. The molecule has 0 unspecified atom stereocenters. The Morgan fingerprint density at radius 3 is 2.59 bits per heavy atom. The van der Waals surface area contributed by atoms with Gasteiger partial charge in [-0.25, -0.2) is 0 Å². The van der Waals surface area contributed by atoms with Crippen LogP contribution in [0.3, 0.4) is 0 Å². The third kappa shape index (κ3) is 5.01. The second-order valence-electron chi connectivity index (χ2n) is 7.17. The lowest BCUT2D eigenvalue weighted by Crippen LogP contribution is -2.23. The van der Waals surface area contributed by atoms with E-state index in [1.54, 1.807) is 12.1 Å². The van der Waals surface area contributed by atoms with Gasteiger partial charge in [-0.05, 0) is 46.6 Å². The fourth-order valence-corrected chi connectivity index (χ4v) is 4.24. The number of H-pyrrole nitrogens is 1. The highest BCUT2D eigenvalue weighted by Gasteiger charge is 2.15. The van der Waals surface area contributed by atoms with E-state index >= 15 is 0 Å². The fourth-order valence-electron chi connectivity index (χ4n) is 3.45. The SMILES string of the molecule is Nc1c(CCC(=O)NCc2cccc3ccccc23)cccc1C(=O)Nc1n[nH]c(=S)s1. The van der Waals surface area contributed by atoms with Gasteiger partial charge in [0.15, 0.2) is 3.95 Å². The largest absolute Gasteiger partial charge is 0.398 e. The van der Waals surface area contributed by atoms with Gasteiger partial charge in [0, 0.05) is 18.7 Å². The van der Waals surface area contributed by atoms with Crippen LogP contribution in [0, 0.1) is 3.95 Å². The van der Waals surface area contributed by atoms with Crippen LogP contribution in [0.1, 0.15) is 27.9 Å². The molecule has 4 rings (SSSR count). The Morgan fingerprint density at radius 2 is 1.78 bits per heavy atom. The summed E-state index contributed by atoms with van der Waals surface area (Å²) in [6.07, 6.45) is 0.691. The van der Waals surface area contributed by atoms with Crippen LogP contribution in [0.5, 0.6) is 0 Å². The molecule has 0 radical (unpaired) electrons. The maximum absolute atomic E-state index is 12.5. The van der Waals surface area contributed by atoms with Crippen LogP contribution < -0.4 is 16.4 Å². The number of nitrogen functional groups attached to an aromatic ring is 1. The Kier molecular flexibility index (Phi) is 6.58. The number of hydrogen-bond donors (Lipinski definition) is 4. The van der Waals surface area contributed by atoms with Gasteiger partial charge < -0.3 is 11.1 Å². The van der Waals surface area contributed by atoms with Crippen molar-refractivity contribution in [3.05, 3.63) is 81.3 Å². The number of aryl methyl sites for hydroxylation is 1. The molecule has 32 heavy (non-hydrogen) atoms. The Hall–Kier alpha value is -3.56. The van der Waals surface area contributed by atoms with Crippen molar-refractivity contribution >= 4 is 57.0 Å². The van der Waals surface area contributed by atoms with Crippen molar-refractivity contribution in [2.45, 2.75) is 19.4 Å². The highest BCUT2D eigenvalue weighted by molar-refractivity contribution is 7.73. The van der Waals surface area contributed by atoms with Crippen molar-refractivity contribution in [2.75, 3.05) is 11.1 Å². The third-order valence-corrected chi connectivity index (χ3v) is 6.08. The predicted octanol–water partition coefficient (Wildman–Crippen LogP) is 4.44. The zero-order chi connectivity index (χ0) is 22.5. The number of aromatic amines is 1. The Labute approximate surface area is 193 Å². The van der Waals surface area contributed by atoms with E-state index < -0.39 is 0 Å². The number of carbonyl (C=O) groups is 2. The number of rotatable bonds is 7. The van der Waals surface area contributed by atoms with Gasteiger partial charge in [0.05, 0.1) is 5.56 Å². The quantitative estimate of drug-likeness (QED) is 0.239. The summed E-state index contributed by atoms with van der Waals surface area (Å²) in [4.78, 5) is 25.0. The molecular formula is C23H21N5O2S2. The molecule has 0 aliphatic rings. The summed E-state index contributed by atoms with van der Waals surface area (Å²) >= 11 is 6.13. The molecule has 1 heterocycles. The van der Waals surface area contributed by atoms with Gasteiger partial charge in [-0.15, -0.1) is 5.10 Å². The van der Waals surface area contributed by atoms with E-state index in [0.717, 1.165) is 33.2 Å². The van der Waals surface area contributed by atoms with Gasteiger partial charge in [-0.3, -0.25) is 20.0 Å². The topological polar surface area (TPSA) is 113 Å². The lowest BCUT2D eigenvalue weighted by atomic mass is 10.0. The normalized spacial score (nSPS) is 10.8. The number of hydrogen-bond acceptors (Lipinski definition) is 6. The maximum atomic E-state index is 12.5. The predicted molar refractivity (Wildman–Crippen MR) is 130 cm³/mol. The standard InChI is InChI=1S/C23H21N5O2S2/c24-20-15(7-4-10-18(20)21(30)26-22-27-28-23(31)32-22)11-12-19(29)25-13-16-8-3-6-14-5-1-2-9-17(14)16/h1-10H,11-13,24H2,(H,25,29)(H,28,31)(H,26,27,30). The lowest BCUT2D eigenvalue weighted by Gasteiger charge is -2.11. The fraction of sp³-hybridized carbons (Fsp3) is 0.130. The molecule has 0 fully saturated rings. The molecule has 162 valence electrons. The van der Waals surface area contributed by atoms with E-state index in [0.29, 0.717) is 33.3 Å². The Morgan fingerprint density at radius 1 is 1.03 bits per heavy atom. The molecule has 3 aromatic carbocycles. The number of anilines is 2. The minimum absolute atomic E-state index is 0.0801. The van der Waals surface area contributed by atoms with Crippen LogP contribution in [-0.4, -0.2) is 22.0 Å². The number of amides is 2. The van der Waals surface area contributed by atoms with Gasteiger partial charge in [0.2, 0.25) is 11.0 Å². The van der Waals surface area contributed by atoms with Crippen LogP contribution >= 0.6 is 23.6 Å². The number of aromatic nitrogens is 2. The lowest BCUT2D eigenvalue weighted by molar-refractivity contribution is -0.121. The molecule has 0 aliphatic carbocycles. The summed E-state index contributed by atoms with van der Waals surface area (Å²) < 4.78 is 0.469. The third-order valence-electron chi connectivity index (χ3n) is 5.08. The van der Waals surface area contributed by atoms with Gasteiger partial charge in [-0.2, -0.15) is 0 Å². The smallest absolute Gasteiger partial charge is 0.259 e. The maximum Gasteiger partial charge on any atom is 0.259 e. The van der Waals surface area contributed by atoms with E-state index in [1.807, 2.05) is 36.4 Å². The molecule has 9 heteroatoms. The van der Waals surface area contributed by atoms with Crippen molar-refractivity contribution in [3.63, 3.8) is 0 Å². The van der Waals surface area contributed by atoms with Gasteiger partial charge in [-0.1, -0.05) is 65.9 Å². The molecule has 4 aromatic rings. The molecular weight excluding hydrogens is 442 g/mol. The zero-order valence-electron chi connectivity index (χ0n) is 17.1. The number of carbonyl (C=O) groups excluding carboxylic acids is 2. The first-order valence-corrected chi connectivity index (χ1v) is 11.2. The average Bonchev–Trinajstić information content (AvgIpc) is 3.21. The van der Waals surface area contributed by atoms with Crippen molar-refractivity contribution in [2.24, 2.45) is 0 Å². The summed E-state index contributed by atoms with van der Waals surface area (Å²) in [5.41, 5.74) is 8.71. The van der Waals surface area contributed by atoms with Crippen LogP contribution in [0.15, 0.2) is 60.7 Å². The molecule has 0 atom stereocenters. The van der Waals surface area contributed by atoms with E-state index in [2.05, 4.69) is 33.0 Å². The number of para-hydroxylation sites is 1. The zero-order valence-corrected chi connectivity index (χ0v) is 18.7. The Bertz CT molecular complexity index is 1340. The number of fused-ring (bicyclic) bond motifs is 1. The first kappa shape index (κ1) is 21.7. The van der Waals surface area contributed by atoms with Crippen molar-refractivity contribution < 1.29 is 9.59 Å². The van der Waals surface area contributed by atoms with Crippen molar-refractivity contribution in [1.82, 2.24) is 15.5 Å². The molecule has 7 nitrogen and oxygen atoms in total. The molecule has 0 saturated heterocycles. The molecule has 0 aliphatic heterocycles. The molecule has 0 bridgehead atoms. The van der Waals surface area contributed by atoms with E-state index in [1.165, 1.54) is 0 Å². The first-order valence-electron chi connectivity index (χ1n) is 9.99. The van der Waals surface area contributed by atoms with Gasteiger partial charge in [0.25, 0.3) is 5.91 Å². The average molecular weight is 464 g/mol. The van der Waals surface area contributed by atoms with E-state index in [9.17, 15) is 9.59 Å². The van der Waals surface area contributed by atoms with Crippen LogP contribution in [0.25, 0.3) is 10.8 Å². The van der Waals surface area contributed by atoms with Crippen molar-refractivity contribution in [3.8, 4) is 0 Å². The minimum atomic E-state index is -0.373. The van der Waals surface area contributed by atoms with E-state index in [-0.39, 0.29) is 18.2 Å². The molecule has 1 aromatic heterocycles. The summed E-state index contributed by atoms with van der Waals surface area (Å²) in [6, 6.07) is 19.3. The first-order chi connectivity index (χ1) is 15.5. The Balaban J connectivity index is 1.37. The second-order valence-corrected chi connectivity index (χ2v) is 8.83. The molecule has 0 spiro atoms. The number of nitrogens with two attached hydrogens (primary N) is 1. The van der Waals surface area contributed by atoms with Gasteiger partial charge in [0.1, 0.15) is 0 Å². The van der Waals surface area contributed by atoms with Crippen molar-refractivity contribution in [1.29, 1.82) is 0 Å². The summed E-state index contributed by atoms with van der Waals surface area (Å²) in [7, 11) is 0. The molecule has 2 amide bonds. The number of benzene rings is 3. The highest BCUT2D eigenvalue weighted by Crippen LogP contribution is 2.22. The van der Waals surface area contributed by atoms with E-state index in [4.69, 9.17) is 18.0 Å². The summed E-state index contributed by atoms with van der Waals surface area (Å²) in [5, 5.41) is 14.8. The number of nitrogens with zero attached hydrogens (tertiary/aromatic N) is 1. The minimum Gasteiger partial charge on any atom is -0.398 e. The second kappa shape index (κ2) is 9.71. The molecule has 5 N–H and O–H groups in total. The number of nitrogens with one attached hydrogen (secondary N) is 3. The molecule has 0 saturated carbocycles. The van der Waals surface area contributed by atoms with Crippen LogP contribution in [0.4, 0.5) is 10.8 Å². The monoisotopic (exact) mass is 463 g/mol. The van der Waals surface area contributed by atoms with Crippen LogP contribution in [0.2, 0.25) is 0 Å². The summed E-state index contributed by atoms with van der Waals surface area (Å²) in [6.45, 7) is 0.452. The summed E-state index contributed by atoms with van der Waals surface area (Å²) in [5.74, 6) is -0.453. The van der Waals surface area contributed by atoms with Gasteiger partial charge >= 0.3 is 0 Å².